The van der Waals surface area contributed by atoms with Crippen LogP contribution in [0, 0.1) is 0 Å². The van der Waals surface area contributed by atoms with E-state index in [2.05, 4.69) is 21.8 Å². The normalized spacial score (nSPS) is 18.6. The zero-order valence-electron chi connectivity index (χ0n) is 17.2. The Bertz CT molecular complexity index is 947. The Kier molecular flexibility index (Phi) is 6.51. The molecule has 30 heavy (non-hydrogen) atoms. The fourth-order valence-electron chi connectivity index (χ4n) is 4.24. The number of nitrogens with zero attached hydrogens (tertiary/aromatic N) is 2. The van der Waals surface area contributed by atoms with Crippen molar-refractivity contribution in [3.8, 4) is 0 Å². The maximum absolute atomic E-state index is 12.8. The molecular formula is C23H29N3O3S. The summed E-state index contributed by atoms with van der Waals surface area (Å²) >= 11 is 0. The highest BCUT2D eigenvalue weighted by Gasteiger charge is 2.25. The molecule has 2 aliphatic rings. The lowest BCUT2D eigenvalue weighted by Crippen LogP contribution is -2.48. The second-order valence-electron chi connectivity index (χ2n) is 8.18. The Morgan fingerprint density at radius 1 is 0.900 bits per heavy atom. The molecule has 0 radical (unpaired) electrons. The highest BCUT2D eigenvalue weighted by Crippen LogP contribution is 2.21. The van der Waals surface area contributed by atoms with Crippen molar-refractivity contribution in [1.29, 1.82) is 0 Å². The zero-order valence-corrected chi connectivity index (χ0v) is 18.0. The SMILES string of the molecule is O=C(c1ccc(S(=O)(=O)NC2CCCC2)cc1)N1CCN(Cc2ccccc2)CC1. The van der Waals surface area contributed by atoms with E-state index in [-0.39, 0.29) is 16.8 Å². The van der Waals surface area contributed by atoms with Crippen molar-refractivity contribution in [2.24, 2.45) is 0 Å². The third-order valence-corrected chi connectivity index (χ3v) is 7.53. The minimum absolute atomic E-state index is 0.0310. The summed E-state index contributed by atoms with van der Waals surface area (Å²) < 4.78 is 27.9. The molecule has 160 valence electrons. The fraction of sp³-hybridized carbons (Fsp3) is 0.435. The lowest BCUT2D eigenvalue weighted by molar-refractivity contribution is 0.0628. The molecule has 4 rings (SSSR count). The van der Waals surface area contributed by atoms with Crippen molar-refractivity contribution in [2.45, 2.75) is 43.2 Å². The van der Waals surface area contributed by atoms with Crippen molar-refractivity contribution in [1.82, 2.24) is 14.5 Å². The Morgan fingerprint density at radius 3 is 2.17 bits per heavy atom. The molecule has 0 bridgehead atoms. The summed E-state index contributed by atoms with van der Waals surface area (Å²) in [6.07, 6.45) is 3.93. The molecule has 0 spiro atoms. The molecule has 0 aromatic heterocycles. The van der Waals surface area contributed by atoms with Crippen LogP contribution in [-0.2, 0) is 16.6 Å². The number of amides is 1. The van der Waals surface area contributed by atoms with Crippen molar-refractivity contribution in [3.63, 3.8) is 0 Å². The molecule has 1 aliphatic carbocycles. The molecule has 1 heterocycles. The average Bonchev–Trinajstić information content (AvgIpc) is 3.27. The monoisotopic (exact) mass is 427 g/mol. The van der Waals surface area contributed by atoms with Crippen LogP contribution < -0.4 is 4.72 Å². The van der Waals surface area contributed by atoms with Gasteiger partial charge in [-0.3, -0.25) is 9.69 Å². The number of carbonyl (C=O) groups is 1. The van der Waals surface area contributed by atoms with E-state index in [1.807, 2.05) is 23.1 Å². The first-order valence-corrected chi connectivity index (χ1v) is 12.2. The predicted octanol–water partition coefficient (Wildman–Crippen LogP) is 2.87. The fourth-order valence-corrected chi connectivity index (χ4v) is 5.55. The first kappa shape index (κ1) is 21.0. The lowest BCUT2D eigenvalue weighted by atomic mass is 10.1. The second-order valence-corrected chi connectivity index (χ2v) is 9.89. The van der Waals surface area contributed by atoms with E-state index >= 15 is 0 Å². The van der Waals surface area contributed by atoms with Gasteiger partial charge in [0.25, 0.3) is 5.91 Å². The van der Waals surface area contributed by atoms with Gasteiger partial charge < -0.3 is 4.90 Å². The van der Waals surface area contributed by atoms with Gasteiger partial charge in [0.2, 0.25) is 10.0 Å². The molecule has 1 aliphatic heterocycles. The highest BCUT2D eigenvalue weighted by molar-refractivity contribution is 7.89. The summed E-state index contributed by atoms with van der Waals surface area (Å²) in [5, 5.41) is 0. The number of sulfonamides is 1. The van der Waals surface area contributed by atoms with Crippen molar-refractivity contribution in [2.75, 3.05) is 26.2 Å². The summed E-state index contributed by atoms with van der Waals surface area (Å²) in [5.74, 6) is -0.0398. The molecule has 6 nitrogen and oxygen atoms in total. The molecule has 7 heteroatoms. The maximum Gasteiger partial charge on any atom is 0.253 e. The van der Waals surface area contributed by atoms with Gasteiger partial charge in [0.05, 0.1) is 4.90 Å². The first-order chi connectivity index (χ1) is 14.5. The summed E-state index contributed by atoms with van der Waals surface area (Å²) in [6, 6.07) is 16.7. The number of benzene rings is 2. The van der Waals surface area contributed by atoms with Gasteiger partial charge in [-0.25, -0.2) is 13.1 Å². The van der Waals surface area contributed by atoms with E-state index in [0.717, 1.165) is 45.3 Å². The van der Waals surface area contributed by atoms with E-state index in [4.69, 9.17) is 0 Å². The van der Waals surface area contributed by atoms with Gasteiger partial charge in [0.15, 0.2) is 0 Å². The van der Waals surface area contributed by atoms with E-state index in [1.54, 1.807) is 12.1 Å². The van der Waals surface area contributed by atoms with Crippen LogP contribution in [0.5, 0.6) is 0 Å². The van der Waals surface area contributed by atoms with Crippen molar-refractivity contribution < 1.29 is 13.2 Å². The zero-order chi connectivity index (χ0) is 21.0. The van der Waals surface area contributed by atoms with Gasteiger partial charge in [0.1, 0.15) is 0 Å². The molecule has 0 atom stereocenters. The quantitative estimate of drug-likeness (QED) is 0.770. The van der Waals surface area contributed by atoms with Crippen molar-refractivity contribution in [3.05, 3.63) is 65.7 Å². The summed E-state index contributed by atoms with van der Waals surface area (Å²) in [5.41, 5.74) is 1.81. The standard InChI is InChI=1S/C23H29N3O3S/c27-23(26-16-14-25(15-17-26)18-19-6-2-1-3-7-19)20-10-12-22(13-11-20)30(28,29)24-21-8-4-5-9-21/h1-3,6-7,10-13,21,24H,4-5,8-9,14-18H2. The Balaban J connectivity index is 1.33. The van der Waals surface area contributed by atoms with Crippen LogP contribution in [0.4, 0.5) is 0 Å². The number of hydrogen-bond acceptors (Lipinski definition) is 4. The second kappa shape index (κ2) is 9.29. The van der Waals surface area contributed by atoms with Gasteiger partial charge in [-0.1, -0.05) is 43.2 Å². The van der Waals surface area contributed by atoms with Gasteiger partial charge >= 0.3 is 0 Å². The van der Waals surface area contributed by atoms with Gasteiger partial charge in [-0.2, -0.15) is 0 Å². The van der Waals surface area contributed by atoms with Crippen LogP contribution in [0.1, 0.15) is 41.6 Å². The number of carbonyl (C=O) groups excluding carboxylic acids is 1. The smallest absolute Gasteiger partial charge is 0.253 e. The van der Waals surface area contributed by atoms with Crippen LogP contribution >= 0.6 is 0 Å². The minimum Gasteiger partial charge on any atom is -0.336 e. The summed E-state index contributed by atoms with van der Waals surface area (Å²) in [6.45, 7) is 3.91. The Labute approximate surface area is 178 Å². The third kappa shape index (κ3) is 5.09. The lowest BCUT2D eigenvalue weighted by Gasteiger charge is -2.34. The molecule has 1 saturated heterocycles. The molecule has 2 aromatic rings. The Hall–Kier alpha value is -2.22. The maximum atomic E-state index is 12.8. The largest absolute Gasteiger partial charge is 0.336 e. The molecular weight excluding hydrogens is 398 g/mol. The predicted molar refractivity (Wildman–Crippen MR) is 117 cm³/mol. The van der Waals surface area contributed by atoms with Crippen LogP contribution in [-0.4, -0.2) is 56.3 Å². The highest BCUT2D eigenvalue weighted by atomic mass is 32.2. The van der Waals surface area contributed by atoms with Crippen LogP contribution in [0.15, 0.2) is 59.5 Å². The van der Waals surface area contributed by atoms with Gasteiger partial charge in [-0.05, 0) is 42.7 Å². The summed E-state index contributed by atoms with van der Waals surface area (Å²) in [7, 11) is -3.53. The third-order valence-electron chi connectivity index (χ3n) is 6.00. The Morgan fingerprint density at radius 2 is 1.53 bits per heavy atom. The topological polar surface area (TPSA) is 69.7 Å². The summed E-state index contributed by atoms with van der Waals surface area (Å²) in [4.78, 5) is 17.3. The van der Waals surface area contributed by atoms with Gasteiger partial charge in [-0.15, -0.1) is 0 Å². The number of nitrogens with one attached hydrogen (secondary N) is 1. The number of rotatable bonds is 6. The van der Waals surface area contributed by atoms with E-state index in [1.165, 1.54) is 17.7 Å². The number of piperazine rings is 1. The molecule has 1 N–H and O–H groups in total. The van der Waals surface area contributed by atoms with Gasteiger partial charge in [0, 0.05) is 44.3 Å². The molecule has 1 saturated carbocycles. The van der Waals surface area contributed by atoms with Crippen molar-refractivity contribution >= 4 is 15.9 Å². The molecule has 2 fully saturated rings. The van der Waals surface area contributed by atoms with Crippen LogP contribution in [0.25, 0.3) is 0 Å². The number of hydrogen-bond donors (Lipinski definition) is 1. The average molecular weight is 428 g/mol. The molecule has 2 aromatic carbocycles. The van der Waals surface area contributed by atoms with E-state index in [9.17, 15) is 13.2 Å². The van der Waals surface area contributed by atoms with Crippen LogP contribution in [0.2, 0.25) is 0 Å². The minimum atomic E-state index is -3.53. The van der Waals surface area contributed by atoms with E-state index in [0.29, 0.717) is 18.7 Å². The van der Waals surface area contributed by atoms with E-state index < -0.39 is 10.0 Å². The first-order valence-electron chi connectivity index (χ1n) is 10.7. The molecule has 0 unspecified atom stereocenters. The molecule has 1 amide bonds. The van der Waals surface area contributed by atoms with Crippen LogP contribution in [0.3, 0.4) is 0 Å².